The van der Waals surface area contributed by atoms with Gasteiger partial charge < -0.3 is 4.74 Å². The molecule has 1 aromatic carbocycles. The van der Waals surface area contributed by atoms with Gasteiger partial charge in [-0.15, -0.1) is 0 Å². The van der Waals surface area contributed by atoms with Crippen LogP contribution in [0.1, 0.15) is 45.2 Å². The van der Waals surface area contributed by atoms with E-state index < -0.39 is 0 Å². The van der Waals surface area contributed by atoms with Crippen LogP contribution in [0.4, 0.5) is 0 Å². The molecule has 1 atom stereocenters. The van der Waals surface area contributed by atoms with Crippen LogP contribution in [0.25, 0.3) is 0 Å². The second-order valence-corrected chi connectivity index (χ2v) is 5.92. The first kappa shape index (κ1) is 15.3. The molecule has 1 aromatic rings. The molecule has 4 nitrogen and oxygen atoms in total. The Morgan fingerprint density at radius 1 is 1.30 bits per heavy atom. The lowest BCUT2D eigenvalue weighted by Gasteiger charge is -2.42. The highest BCUT2D eigenvalue weighted by molar-refractivity contribution is 5.37. The molecule has 1 saturated heterocycles. The number of nitrogens with one attached hydrogen (secondary N) is 1. The summed E-state index contributed by atoms with van der Waals surface area (Å²) in [7, 11) is 0. The van der Waals surface area contributed by atoms with Crippen LogP contribution in [0.2, 0.25) is 0 Å². The summed E-state index contributed by atoms with van der Waals surface area (Å²) in [6.45, 7) is 9.47. The first-order valence-electron chi connectivity index (χ1n) is 7.54. The van der Waals surface area contributed by atoms with Gasteiger partial charge in [-0.05, 0) is 52.8 Å². The van der Waals surface area contributed by atoms with E-state index >= 15 is 0 Å². The Bertz CT molecular complexity index is 427. The fourth-order valence-corrected chi connectivity index (χ4v) is 3.16. The lowest BCUT2D eigenvalue weighted by atomic mass is 9.87. The second-order valence-electron chi connectivity index (χ2n) is 5.92. The van der Waals surface area contributed by atoms with Gasteiger partial charge in [-0.3, -0.25) is 16.2 Å². The van der Waals surface area contributed by atoms with Crippen LogP contribution in [0.15, 0.2) is 24.3 Å². The van der Waals surface area contributed by atoms with Crippen molar-refractivity contribution in [3.05, 3.63) is 29.8 Å². The molecule has 0 spiro atoms. The van der Waals surface area contributed by atoms with Crippen LogP contribution in [0.3, 0.4) is 0 Å². The minimum atomic E-state index is -0.0432. The smallest absolute Gasteiger partial charge is 0.124 e. The molecule has 0 aromatic heterocycles. The SMILES string of the molecule is CCOc1ccccc1C(NN)C(C)(C)N1CCCC1. The summed E-state index contributed by atoms with van der Waals surface area (Å²) in [5, 5.41) is 0. The summed E-state index contributed by atoms with van der Waals surface area (Å²) in [6.07, 6.45) is 2.54. The molecule has 0 aliphatic carbocycles. The molecule has 112 valence electrons. The van der Waals surface area contributed by atoms with E-state index in [4.69, 9.17) is 10.6 Å². The van der Waals surface area contributed by atoms with Crippen molar-refractivity contribution in [2.75, 3.05) is 19.7 Å². The summed E-state index contributed by atoms with van der Waals surface area (Å²) >= 11 is 0. The lowest BCUT2D eigenvalue weighted by molar-refractivity contribution is 0.105. The van der Waals surface area contributed by atoms with Gasteiger partial charge in [0.2, 0.25) is 0 Å². The number of hydrogen-bond donors (Lipinski definition) is 2. The Balaban J connectivity index is 2.31. The number of likely N-dealkylation sites (tertiary alicyclic amines) is 1. The number of hydrazine groups is 1. The first-order valence-corrected chi connectivity index (χ1v) is 7.54. The van der Waals surface area contributed by atoms with Gasteiger partial charge in [0.25, 0.3) is 0 Å². The zero-order valence-electron chi connectivity index (χ0n) is 12.9. The zero-order valence-corrected chi connectivity index (χ0v) is 12.9. The van der Waals surface area contributed by atoms with Crippen LogP contribution in [0, 0.1) is 0 Å². The molecule has 1 unspecified atom stereocenters. The number of ether oxygens (including phenoxy) is 1. The van der Waals surface area contributed by atoms with Gasteiger partial charge in [0.1, 0.15) is 5.75 Å². The third-order valence-electron chi connectivity index (χ3n) is 4.32. The van der Waals surface area contributed by atoms with Crippen molar-refractivity contribution in [3.8, 4) is 5.75 Å². The highest BCUT2D eigenvalue weighted by Crippen LogP contribution is 2.36. The zero-order chi connectivity index (χ0) is 14.6. The first-order chi connectivity index (χ1) is 9.61. The van der Waals surface area contributed by atoms with Crippen molar-refractivity contribution < 1.29 is 4.74 Å². The van der Waals surface area contributed by atoms with Gasteiger partial charge >= 0.3 is 0 Å². The molecule has 1 aliphatic rings. The number of rotatable bonds is 6. The highest BCUT2D eigenvalue weighted by atomic mass is 16.5. The Hall–Kier alpha value is -1.10. The molecular formula is C16H27N3O. The molecule has 4 heteroatoms. The van der Waals surface area contributed by atoms with Crippen molar-refractivity contribution in [2.45, 2.75) is 45.2 Å². The molecule has 0 bridgehead atoms. The summed E-state index contributed by atoms with van der Waals surface area (Å²) < 4.78 is 5.76. The molecule has 0 saturated carbocycles. The van der Waals surface area contributed by atoms with Crippen molar-refractivity contribution in [1.82, 2.24) is 10.3 Å². The van der Waals surface area contributed by atoms with E-state index in [1.54, 1.807) is 0 Å². The predicted octanol–water partition coefficient (Wildman–Crippen LogP) is 2.46. The lowest BCUT2D eigenvalue weighted by Crippen LogP contribution is -2.53. The van der Waals surface area contributed by atoms with E-state index in [1.165, 1.54) is 12.8 Å². The number of hydrogen-bond acceptors (Lipinski definition) is 4. The van der Waals surface area contributed by atoms with Gasteiger partial charge in [-0.25, -0.2) is 0 Å². The van der Waals surface area contributed by atoms with Gasteiger partial charge in [0.05, 0.1) is 12.6 Å². The quantitative estimate of drug-likeness (QED) is 0.619. The molecule has 1 heterocycles. The van der Waals surface area contributed by atoms with Gasteiger partial charge in [0.15, 0.2) is 0 Å². The number of nitrogens with two attached hydrogens (primary N) is 1. The maximum atomic E-state index is 5.89. The van der Waals surface area contributed by atoms with Crippen LogP contribution < -0.4 is 16.0 Å². The molecule has 20 heavy (non-hydrogen) atoms. The van der Waals surface area contributed by atoms with Crippen molar-refractivity contribution >= 4 is 0 Å². The van der Waals surface area contributed by atoms with E-state index in [0.29, 0.717) is 6.61 Å². The van der Waals surface area contributed by atoms with Gasteiger partial charge in [-0.1, -0.05) is 18.2 Å². The predicted molar refractivity (Wildman–Crippen MR) is 82.6 cm³/mol. The average Bonchev–Trinajstić information content (AvgIpc) is 2.96. The Kier molecular flexibility index (Phi) is 5.02. The maximum Gasteiger partial charge on any atom is 0.124 e. The van der Waals surface area contributed by atoms with E-state index in [-0.39, 0.29) is 11.6 Å². The van der Waals surface area contributed by atoms with Crippen LogP contribution >= 0.6 is 0 Å². The summed E-state index contributed by atoms with van der Waals surface area (Å²) in [6, 6.07) is 8.22. The van der Waals surface area contributed by atoms with Crippen molar-refractivity contribution in [1.29, 1.82) is 0 Å². The fraction of sp³-hybridized carbons (Fsp3) is 0.625. The van der Waals surface area contributed by atoms with Crippen molar-refractivity contribution in [3.63, 3.8) is 0 Å². The molecular weight excluding hydrogens is 250 g/mol. The third kappa shape index (κ3) is 2.97. The maximum absolute atomic E-state index is 5.89. The Morgan fingerprint density at radius 2 is 1.95 bits per heavy atom. The van der Waals surface area contributed by atoms with Gasteiger partial charge in [-0.2, -0.15) is 0 Å². The minimum Gasteiger partial charge on any atom is -0.494 e. The van der Waals surface area contributed by atoms with E-state index in [0.717, 1.165) is 24.4 Å². The summed E-state index contributed by atoms with van der Waals surface area (Å²) in [5.41, 5.74) is 4.10. The molecule has 1 aliphatic heterocycles. The van der Waals surface area contributed by atoms with E-state index in [1.807, 2.05) is 25.1 Å². The topological polar surface area (TPSA) is 50.5 Å². The number of para-hydroxylation sites is 1. The summed E-state index contributed by atoms with van der Waals surface area (Å²) in [5.74, 6) is 6.81. The second kappa shape index (κ2) is 6.57. The summed E-state index contributed by atoms with van der Waals surface area (Å²) in [4.78, 5) is 2.51. The largest absolute Gasteiger partial charge is 0.494 e. The molecule has 3 N–H and O–H groups in total. The Morgan fingerprint density at radius 3 is 2.55 bits per heavy atom. The molecule has 2 rings (SSSR count). The monoisotopic (exact) mass is 277 g/mol. The molecule has 0 amide bonds. The fourth-order valence-electron chi connectivity index (χ4n) is 3.16. The molecule has 1 fully saturated rings. The normalized spacial score (nSPS) is 18.2. The standard InChI is InChI=1S/C16H27N3O/c1-4-20-14-10-6-5-9-13(14)15(18-17)16(2,3)19-11-7-8-12-19/h5-6,9-10,15,18H,4,7-8,11-12,17H2,1-3H3. The van der Waals surface area contributed by atoms with Gasteiger partial charge in [0, 0.05) is 11.1 Å². The molecule has 0 radical (unpaired) electrons. The Labute approximate surface area is 122 Å². The minimum absolute atomic E-state index is 0.0432. The average molecular weight is 277 g/mol. The number of benzene rings is 1. The van der Waals surface area contributed by atoms with E-state index in [2.05, 4.69) is 30.2 Å². The van der Waals surface area contributed by atoms with Crippen LogP contribution in [-0.2, 0) is 0 Å². The highest BCUT2D eigenvalue weighted by Gasteiger charge is 2.38. The third-order valence-corrected chi connectivity index (χ3v) is 4.32. The van der Waals surface area contributed by atoms with Crippen LogP contribution in [-0.4, -0.2) is 30.1 Å². The van der Waals surface area contributed by atoms with E-state index in [9.17, 15) is 0 Å². The van der Waals surface area contributed by atoms with Crippen LogP contribution in [0.5, 0.6) is 5.75 Å². The van der Waals surface area contributed by atoms with Crippen molar-refractivity contribution in [2.24, 2.45) is 5.84 Å². The number of nitrogens with zero attached hydrogens (tertiary/aromatic N) is 1.